The van der Waals surface area contributed by atoms with E-state index in [2.05, 4.69) is 18.3 Å². The standard InChI is InChI=1S/C15H24N2/c1-2-4-12-7-9-14(10-8-12)17-15-6-3-5-13(16)11-15/h3,5-6,11-12,14,17H,2,4,7-10,16H2,1H3. The molecule has 0 aromatic heterocycles. The Balaban J connectivity index is 1.82. The number of anilines is 2. The Morgan fingerprint density at radius 1 is 1.24 bits per heavy atom. The molecule has 0 aliphatic heterocycles. The summed E-state index contributed by atoms with van der Waals surface area (Å²) < 4.78 is 0. The largest absolute Gasteiger partial charge is 0.399 e. The zero-order chi connectivity index (χ0) is 12.1. The third-order valence-electron chi connectivity index (χ3n) is 3.80. The highest BCUT2D eigenvalue weighted by atomic mass is 14.9. The van der Waals surface area contributed by atoms with Gasteiger partial charge in [-0.15, -0.1) is 0 Å². The molecule has 17 heavy (non-hydrogen) atoms. The average molecular weight is 232 g/mol. The summed E-state index contributed by atoms with van der Waals surface area (Å²) in [6.45, 7) is 2.29. The molecular weight excluding hydrogens is 208 g/mol. The van der Waals surface area contributed by atoms with E-state index in [9.17, 15) is 0 Å². The van der Waals surface area contributed by atoms with Crippen molar-refractivity contribution in [3.8, 4) is 0 Å². The van der Waals surface area contributed by atoms with E-state index in [4.69, 9.17) is 5.73 Å². The van der Waals surface area contributed by atoms with Gasteiger partial charge < -0.3 is 11.1 Å². The number of rotatable bonds is 4. The Labute approximate surface area is 105 Å². The van der Waals surface area contributed by atoms with Gasteiger partial charge in [0.05, 0.1) is 0 Å². The fourth-order valence-electron chi connectivity index (χ4n) is 2.87. The molecule has 0 spiro atoms. The molecular formula is C15H24N2. The molecule has 1 saturated carbocycles. The van der Waals surface area contributed by atoms with Gasteiger partial charge in [0, 0.05) is 17.4 Å². The Hall–Kier alpha value is -1.18. The van der Waals surface area contributed by atoms with Gasteiger partial charge in [0.25, 0.3) is 0 Å². The maximum absolute atomic E-state index is 5.79. The number of hydrogen-bond acceptors (Lipinski definition) is 2. The second-order valence-corrected chi connectivity index (χ2v) is 5.28. The van der Waals surface area contributed by atoms with E-state index >= 15 is 0 Å². The van der Waals surface area contributed by atoms with Gasteiger partial charge >= 0.3 is 0 Å². The first-order valence-corrected chi connectivity index (χ1v) is 6.90. The minimum atomic E-state index is 0.643. The van der Waals surface area contributed by atoms with Crippen LogP contribution in [0.3, 0.4) is 0 Å². The van der Waals surface area contributed by atoms with Crippen LogP contribution in [0.5, 0.6) is 0 Å². The maximum atomic E-state index is 5.79. The summed E-state index contributed by atoms with van der Waals surface area (Å²) in [5.74, 6) is 0.971. The first-order valence-electron chi connectivity index (χ1n) is 6.90. The molecule has 0 radical (unpaired) electrons. The molecule has 2 heteroatoms. The SMILES string of the molecule is CCCC1CCC(Nc2cccc(N)c2)CC1. The topological polar surface area (TPSA) is 38.0 Å². The summed E-state index contributed by atoms with van der Waals surface area (Å²) in [4.78, 5) is 0. The van der Waals surface area contributed by atoms with E-state index in [-0.39, 0.29) is 0 Å². The maximum Gasteiger partial charge on any atom is 0.0362 e. The monoisotopic (exact) mass is 232 g/mol. The van der Waals surface area contributed by atoms with Crippen molar-refractivity contribution in [2.45, 2.75) is 51.5 Å². The molecule has 1 aliphatic rings. The lowest BCUT2D eigenvalue weighted by Gasteiger charge is -2.29. The number of nitrogen functional groups attached to an aromatic ring is 1. The zero-order valence-corrected chi connectivity index (χ0v) is 10.8. The number of hydrogen-bond donors (Lipinski definition) is 2. The molecule has 1 aromatic carbocycles. The van der Waals surface area contributed by atoms with E-state index in [0.717, 1.165) is 11.6 Å². The van der Waals surface area contributed by atoms with Crippen molar-refractivity contribution in [1.82, 2.24) is 0 Å². The van der Waals surface area contributed by atoms with Crippen LogP contribution in [-0.2, 0) is 0 Å². The van der Waals surface area contributed by atoms with Crippen LogP contribution in [0.2, 0.25) is 0 Å². The van der Waals surface area contributed by atoms with Crippen LogP contribution in [0.4, 0.5) is 11.4 Å². The molecule has 0 saturated heterocycles. The van der Waals surface area contributed by atoms with Gasteiger partial charge in [-0.25, -0.2) is 0 Å². The van der Waals surface area contributed by atoms with Crippen molar-refractivity contribution < 1.29 is 0 Å². The first kappa shape index (κ1) is 12.3. The fraction of sp³-hybridized carbons (Fsp3) is 0.600. The van der Waals surface area contributed by atoms with Gasteiger partial charge in [0.2, 0.25) is 0 Å². The van der Waals surface area contributed by atoms with Gasteiger partial charge in [-0.05, 0) is 49.8 Å². The molecule has 2 rings (SSSR count). The minimum Gasteiger partial charge on any atom is -0.399 e. The van der Waals surface area contributed by atoms with Crippen LogP contribution in [-0.4, -0.2) is 6.04 Å². The fourth-order valence-corrected chi connectivity index (χ4v) is 2.87. The Morgan fingerprint density at radius 2 is 2.00 bits per heavy atom. The quantitative estimate of drug-likeness (QED) is 0.769. The number of nitrogens with one attached hydrogen (secondary N) is 1. The van der Waals surface area contributed by atoms with Crippen LogP contribution >= 0.6 is 0 Å². The van der Waals surface area contributed by atoms with Gasteiger partial charge in [0.1, 0.15) is 0 Å². The van der Waals surface area contributed by atoms with Crippen LogP contribution < -0.4 is 11.1 Å². The number of nitrogens with two attached hydrogens (primary N) is 1. The third-order valence-corrected chi connectivity index (χ3v) is 3.80. The van der Waals surface area contributed by atoms with E-state index in [1.54, 1.807) is 0 Å². The molecule has 1 fully saturated rings. The summed E-state index contributed by atoms with van der Waals surface area (Å²) in [6, 6.07) is 8.72. The van der Waals surface area contributed by atoms with Crippen LogP contribution in [0, 0.1) is 5.92 Å². The second kappa shape index (κ2) is 5.95. The smallest absolute Gasteiger partial charge is 0.0362 e. The van der Waals surface area contributed by atoms with Crippen LogP contribution in [0.25, 0.3) is 0 Å². The number of benzene rings is 1. The second-order valence-electron chi connectivity index (χ2n) is 5.28. The molecule has 0 bridgehead atoms. The van der Waals surface area contributed by atoms with Crippen molar-refractivity contribution in [2.24, 2.45) is 5.92 Å². The lowest BCUT2D eigenvalue weighted by Crippen LogP contribution is -2.26. The Bertz CT molecular complexity index is 341. The Morgan fingerprint density at radius 3 is 2.65 bits per heavy atom. The van der Waals surface area contributed by atoms with Crippen LogP contribution in [0.1, 0.15) is 45.4 Å². The van der Waals surface area contributed by atoms with Crippen molar-refractivity contribution in [3.05, 3.63) is 24.3 Å². The van der Waals surface area contributed by atoms with Gasteiger partial charge in [-0.2, -0.15) is 0 Å². The minimum absolute atomic E-state index is 0.643. The van der Waals surface area contributed by atoms with Crippen LogP contribution in [0.15, 0.2) is 24.3 Å². The molecule has 0 amide bonds. The van der Waals surface area contributed by atoms with E-state index in [1.165, 1.54) is 44.2 Å². The summed E-state index contributed by atoms with van der Waals surface area (Å²) in [5, 5.41) is 3.60. The van der Waals surface area contributed by atoms with E-state index in [0.29, 0.717) is 6.04 Å². The summed E-state index contributed by atoms with van der Waals surface area (Å²) in [7, 11) is 0. The summed E-state index contributed by atoms with van der Waals surface area (Å²) in [6.07, 6.45) is 8.11. The van der Waals surface area contributed by atoms with Crippen molar-refractivity contribution in [3.63, 3.8) is 0 Å². The van der Waals surface area contributed by atoms with E-state index < -0.39 is 0 Å². The molecule has 1 aliphatic carbocycles. The predicted octanol–water partition coefficient (Wildman–Crippen LogP) is 4.04. The molecule has 2 nitrogen and oxygen atoms in total. The van der Waals surface area contributed by atoms with E-state index in [1.807, 2.05) is 18.2 Å². The normalized spacial score (nSPS) is 24.5. The highest BCUT2D eigenvalue weighted by Crippen LogP contribution is 2.29. The van der Waals surface area contributed by atoms with Crippen molar-refractivity contribution >= 4 is 11.4 Å². The highest BCUT2D eigenvalue weighted by molar-refractivity contribution is 5.54. The van der Waals surface area contributed by atoms with Gasteiger partial charge in [0.15, 0.2) is 0 Å². The molecule has 0 atom stereocenters. The van der Waals surface area contributed by atoms with Gasteiger partial charge in [-0.3, -0.25) is 0 Å². The average Bonchev–Trinajstić information content (AvgIpc) is 2.32. The third kappa shape index (κ3) is 3.65. The lowest BCUT2D eigenvalue weighted by atomic mass is 9.83. The highest BCUT2D eigenvalue weighted by Gasteiger charge is 2.20. The molecule has 1 aromatic rings. The van der Waals surface area contributed by atoms with Crippen molar-refractivity contribution in [2.75, 3.05) is 11.1 Å². The predicted molar refractivity (Wildman–Crippen MR) is 75.1 cm³/mol. The van der Waals surface area contributed by atoms with Gasteiger partial charge in [-0.1, -0.05) is 25.8 Å². The lowest BCUT2D eigenvalue weighted by molar-refractivity contribution is 0.319. The summed E-state index contributed by atoms with van der Waals surface area (Å²) in [5.41, 5.74) is 7.80. The van der Waals surface area contributed by atoms with Crippen molar-refractivity contribution in [1.29, 1.82) is 0 Å². The molecule has 0 unspecified atom stereocenters. The first-order chi connectivity index (χ1) is 8.28. The summed E-state index contributed by atoms with van der Waals surface area (Å²) >= 11 is 0. The molecule has 0 heterocycles. The zero-order valence-electron chi connectivity index (χ0n) is 10.8. The Kier molecular flexibility index (Phi) is 4.29. The molecule has 94 valence electrons. The molecule has 3 N–H and O–H groups in total.